The van der Waals surface area contributed by atoms with Gasteiger partial charge in [-0.25, -0.2) is 4.98 Å². The van der Waals surface area contributed by atoms with Crippen molar-refractivity contribution >= 4 is 16.8 Å². The SMILES string of the molecule is Cc1ccc(Oc2nc(-c3ccccc3)nc3ccn(C)c23)cc1CC(=O)c1ccc(CN2CCN(C)CC2)c(C)c1. The summed E-state index contributed by atoms with van der Waals surface area (Å²) in [5, 5.41) is 0. The first-order valence-corrected chi connectivity index (χ1v) is 14.5. The largest absolute Gasteiger partial charge is 0.437 e. The summed E-state index contributed by atoms with van der Waals surface area (Å²) in [6, 6.07) is 23.9. The lowest BCUT2D eigenvalue weighted by atomic mass is 9.96. The van der Waals surface area contributed by atoms with Crippen LogP contribution >= 0.6 is 0 Å². The molecule has 7 heteroatoms. The summed E-state index contributed by atoms with van der Waals surface area (Å²) in [4.78, 5) is 27.8. The number of fused-ring (bicyclic) bond motifs is 1. The predicted octanol–water partition coefficient (Wildman–Crippen LogP) is 6.22. The molecule has 1 aliphatic rings. The number of likely N-dealkylation sites (N-methyl/N-ethyl adjacent to an activating group) is 1. The predicted molar refractivity (Wildman–Crippen MR) is 167 cm³/mol. The minimum absolute atomic E-state index is 0.0997. The van der Waals surface area contributed by atoms with E-state index in [1.807, 2.05) is 91.5 Å². The molecule has 42 heavy (non-hydrogen) atoms. The van der Waals surface area contributed by atoms with Crippen molar-refractivity contribution in [2.75, 3.05) is 33.2 Å². The average molecular weight is 560 g/mol. The van der Waals surface area contributed by atoms with Crippen LogP contribution in [0.25, 0.3) is 22.4 Å². The Bertz CT molecular complexity index is 1740. The normalized spacial score (nSPS) is 14.4. The average Bonchev–Trinajstić information content (AvgIpc) is 3.38. The third-order valence-electron chi connectivity index (χ3n) is 8.26. The van der Waals surface area contributed by atoms with E-state index in [0.717, 1.165) is 71.6 Å². The Kier molecular flexibility index (Phi) is 7.87. The van der Waals surface area contributed by atoms with Gasteiger partial charge in [-0.2, -0.15) is 4.98 Å². The first-order valence-electron chi connectivity index (χ1n) is 14.5. The standard InChI is InChI=1S/C35H37N5O2/c1-24-10-13-30(42-35-33-31(14-15-39(33)4)36-34(37-35)26-8-6-5-7-9-26)21-29(24)22-32(41)27-11-12-28(25(2)20-27)23-40-18-16-38(3)17-19-40/h5-15,20-21H,16-19,22-23H2,1-4H3. The van der Waals surface area contributed by atoms with Crippen molar-refractivity contribution in [1.29, 1.82) is 0 Å². The van der Waals surface area contributed by atoms with E-state index in [-0.39, 0.29) is 5.78 Å². The van der Waals surface area contributed by atoms with Gasteiger partial charge in [0.2, 0.25) is 5.88 Å². The fraction of sp³-hybridized carbons (Fsp3) is 0.286. The van der Waals surface area contributed by atoms with Crippen molar-refractivity contribution in [2.45, 2.75) is 26.8 Å². The summed E-state index contributed by atoms with van der Waals surface area (Å²) >= 11 is 0. The summed E-state index contributed by atoms with van der Waals surface area (Å²) < 4.78 is 8.36. The van der Waals surface area contributed by atoms with E-state index in [4.69, 9.17) is 14.7 Å². The van der Waals surface area contributed by atoms with Gasteiger partial charge in [-0.15, -0.1) is 0 Å². The summed E-state index contributed by atoms with van der Waals surface area (Å²) in [6.45, 7) is 9.41. The van der Waals surface area contributed by atoms with E-state index in [1.54, 1.807) is 0 Å². The van der Waals surface area contributed by atoms with Gasteiger partial charge in [0.1, 0.15) is 11.3 Å². The number of rotatable bonds is 8. The Hall–Kier alpha value is -4.33. The quantitative estimate of drug-likeness (QED) is 0.211. The number of Topliss-reactive ketones (excluding diaryl/α,β-unsaturated/α-hetero) is 1. The highest BCUT2D eigenvalue weighted by Crippen LogP contribution is 2.31. The van der Waals surface area contributed by atoms with E-state index >= 15 is 0 Å². The van der Waals surface area contributed by atoms with Crippen LogP contribution in [0.15, 0.2) is 79.0 Å². The number of ketones is 1. The fourth-order valence-electron chi connectivity index (χ4n) is 5.52. The maximum atomic E-state index is 13.4. The highest BCUT2D eigenvalue weighted by molar-refractivity contribution is 5.98. The number of hydrogen-bond donors (Lipinski definition) is 0. The highest BCUT2D eigenvalue weighted by atomic mass is 16.5. The van der Waals surface area contributed by atoms with Gasteiger partial charge in [-0.3, -0.25) is 9.69 Å². The van der Waals surface area contributed by atoms with Gasteiger partial charge in [-0.1, -0.05) is 48.5 Å². The van der Waals surface area contributed by atoms with Gasteiger partial charge < -0.3 is 14.2 Å². The number of ether oxygens (including phenoxy) is 1. The van der Waals surface area contributed by atoms with Crippen LogP contribution in [0.3, 0.4) is 0 Å². The van der Waals surface area contributed by atoms with Crippen molar-refractivity contribution in [3.05, 3.63) is 107 Å². The topological polar surface area (TPSA) is 63.5 Å². The van der Waals surface area contributed by atoms with Gasteiger partial charge in [-0.05, 0) is 67.4 Å². The van der Waals surface area contributed by atoms with Crippen molar-refractivity contribution in [2.24, 2.45) is 7.05 Å². The molecule has 1 fully saturated rings. The molecule has 3 heterocycles. The van der Waals surface area contributed by atoms with Crippen LogP contribution in [0.4, 0.5) is 0 Å². The third kappa shape index (κ3) is 5.98. The van der Waals surface area contributed by atoms with Gasteiger partial charge in [0, 0.05) is 63.5 Å². The molecular formula is C35H37N5O2. The minimum Gasteiger partial charge on any atom is -0.437 e. The number of carbonyl (C=O) groups excluding carboxylic acids is 1. The Morgan fingerprint density at radius 1 is 0.833 bits per heavy atom. The number of hydrogen-bond acceptors (Lipinski definition) is 6. The first-order chi connectivity index (χ1) is 20.3. The first kappa shape index (κ1) is 27.8. The number of piperazine rings is 1. The smallest absolute Gasteiger partial charge is 0.247 e. The molecule has 0 unspecified atom stereocenters. The molecule has 0 N–H and O–H groups in total. The van der Waals surface area contributed by atoms with Crippen LogP contribution in [-0.2, 0) is 20.0 Å². The second kappa shape index (κ2) is 11.9. The number of carbonyl (C=O) groups is 1. The number of aromatic nitrogens is 3. The highest BCUT2D eigenvalue weighted by Gasteiger charge is 2.18. The number of aryl methyl sites for hydroxylation is 3. The minimum atomic E-state index is 0.0997. The van der Waals surface area contributed by atoms with Crippen LogP contribution in [0, 0.1) is 13.8 Å². The summed E-state index contributed by atoms with van der Waals surface area (Å²) in [7, 11) is 4.13. The molecule has 0 atom stereocenters. The van der Waals surface area contributed by atoms with Crippen molar-refractivity contribution < 1.29 is 9.53 Å². The third-order valence-corrected chi connectivity index (χ3v) is 8.26. The zero-order valence-corrected chi connectivity index (χ0v) is 24.8. The van der Waals surface area contributed by atoms with Crippen molar-refractivity contribution in [3.8, 4) is 23.0 Å². The molecule has 5 aromatic rings. The lowest BCUT2D eigenvalue weighted by molar-refractivity contribution is 0.0992. The fourth-order valence-corrected chi connectivity index (χ4v) is 5.52. The van der Waals surface area contributed by atoms with Crippen LogP contribution in [0.1, 0.15) is 32.6 Å². The second-order valence-corrected chi connectivity index (χ2v) is 11.4. The molecule has 2 aromatic heterocycles. The lowest BCUT2D eigenvalue weighted by Crippen LogP contribution is -2.43. The lowest BCUT2D eigenvalue weighted by Gasteiger charge is -2.32. The summed E-state index contributed by atoms with van der Waals surface area (Å²) in [5.41, 5.74) is 7.75. The summed E-state index contributed by atoms with van der Waals surface area (Å²) in [6.07, 6.45) is 2.26. The second-order valence-electron chi connectivity index (χ2n) is 11.4. The summed E-state index contributed by atoms with van der Waals surface area (Å²) in [5.74, 6) is 1.84. The molecule has 0 amide bonds. The van der Waals surface area contributed by atoms with Crippen LogP contribution in [0.5, 0.6) is 11.6 Å². The maximum absolute atomic E-state index is 13.4. The van der Waals surface area contributed by atoms with Gasteiger partial charge in [0.15, 0.2) is 11.6 Å². The monoisotopic (exact) mass is 559 g/mol. The molecule has 0 bridgehead atoms. The van der Waals surface area contributed by atoms with Gasteiger partial charge >= 0.3 is 0 Å². The number of nitrogens with zero attached hydrogens (tertiary/aromatic N) is 5. The van der Waals surface area contributed by atoms with E-state index in [0.29, 0.717) is 23.9 Å². The molecular weight excluding hydrogens is 522 g/mol. The van der Waals surface area contributed by atoms with E-state index in [2.05, 4.69) is 29.8 Å². The van der Waals surface area contributed by atoms with Crippen molar-refractivity contribution in [3.63, 3.8) is 0 Å². The maximum Gasteiger partial charge on any atom is 0.247 e. The zero-order chi connectivity index (χ0) is 29.2. The Morgan fingerprint density at radius 3 is 2.38 bits per heavy atom. The number of benzene rings is 3. The van der Waals surface area contributed by atoms with Gasteiger partial charge in [0.25, 0.3) is 0 Å². The molecule has 1 saturated heterocycles. The van der Waals surface area contributed by atoms with E-state index < -0.39 is 0 Å². The van der Waals surface area contributed by atoms with Crippen LogP contribution < -0.4 is 4.74 Å². The van der Waals surface area contributed by atoms with Gasteiger partial charge in [0.05, 0.1) is 5.52 Å². The van der Waals surface area contributed by atoms with Crippen LogP contribution in [-0.4, -0.2) is 63.3 Å². The molecule has 0 spiro atoms. The molecule has 6 rings (SSSR count). The zero-order valence-electron chi connectivity index (χ0n) is 24.8. The van der Waals surface area contributed by atoms with Crippen LogP contribution in [0.2, 0.25) is 0 Å². The molecule has 3 aromatic carbocycles. The Labute approximate surface area is 247 Å². The molecule has 0 saturated carbocycles. The Morgan fingerprint density at radius 2 is 1.62 bits per heavy atom. The molecule has 0 aliphatic carbocycles. The molecule has 214 valence electrons. The molecule has 1 aliphatic heterocycles. The Balaban J connectivity index is 1.21. The molecule has 0 radical (unpaired) electrons. The molecule has 7 nitrogen and oxygen atoms in total. The van der Waals surface area contributed by atoms with E-state index in [1.165, 1.54) is 5.56 Å². The van der Waals surface area contributed by atoms with E-state index in [9.17, 15) is 4.79 Å². The van der Waals surface area contributed by atoms with Crippen molar-refractivity contribution in [1.82, 2.24) is 24.3 Å².